The lowest BCUT2D eigenvalue weighted by molar-refractivity contribution is -0.0311. The minimum atomic E-state index is 0.186. The Bertz CT molecular complexity index is 922. The highest BCUT2D eigenvalue weighted by molar-refractivity contribution is 7.08. The number of piperidine rings is 1. The number of hydrogen-bond acceptors (Lipinski definition) is 4. The van der Waals surface area contributed by atoms with E-state index in [2.05, 4.69) is 32.7 Å². The summed E-state index contributed by atoms with van der Waals surface area (Å²) < 4.78 is 6.03. The molecule has 1 saturated carbocycles. The van der Waals surface area contributed by atoms with Crippen LogP contribution in [0.2, 0.25) is 10.0 Å². The zero-order valence-corrected chi connectivity index (χ0v) is 22.7. The Morgan fingerprint density at radius 2 is 1.85 bits per heavy atom. The van der Waals surface area contributed by atoms with Gasteiger partial charge in [0.25, 0.3) is 0 Å². The van der Waals surface area contributed by atoms with Crippen molar-refractivity contribution >= 4 is 34.5 Å². The van der Waals surface area contributed by atoms with Crippen LogP contribution >= 0.6 is 34.5 Å². The summed E-state index contributed by atoms with van der Waals surface area (Å²) in [6.07, 6.45) is 9.14. The van der Waals surface area contributed by atoms with Crippen LogP contribution in [0.1, 0.15) is 62.0 Å². The zero-order valence-electron chi connectivity index (χ0n) is 20.4. The van der Waals surface area contributed by atoms with Gasteiger partial charge in [-0.05, 0) is 97.1 Å². The van der Waals surface area contributed by atoms with E-state index in [0.717, 1.165) is 30.6 Å². The van der Waals surface area contributed by atoms with E-state index in [1.165, 1.54) is 75.7 Å². The molecule has 3 aliphatic rings. The van der Waals surface area contributed by atoms with Gasteiger partial charge in [0.2, 0.25) is 0 Å². The van der Waals surface area contributed by atoms with Crippen LogP contribution in [-0.4, -0.2) is 55.2 Å². The highest BCUT2D eigenvalue weighted by Gasteiger charge is 2.39. The van der Waals surface area contributed by atoms with Gasteiger partial charge in [0.15, 0.2) is 0 Å². The number of methoxy groups -OCH3 is 1. The fourth-order valence-corrected chi connectivity index (χ4v) is 7.96. The fourth-order valence-electron chi connectivity index (χ4n) is 6.77. The summed E-state index contributed by atoms with van der Waals surface area (Å²) in [6, 6.07) is 8.24. The summed E-state index contributed by atoms with van der Waals surface area (Å²) in [7, 11) is 1.94. The van der Waals surface area contributed by atoms with Crippen LogP contribution in [0.3, 0.4) is 0 Å². The summed E-state index contributed by atoms with van der Waals surface area (Å²) in [5.41, 5.74) is 2.87. The third-order valence-corrected chi connectivity index (χ3v) is 9.99. The summed E-state index contributed by atoms with van der Waals surface area (Å²) in [6.45, 7) is 6.81. The van der Waals surface area contributed by atoms with E-state index in [9.17, 15) is 0 Å². The molecule has 1 aromatic carbocycles. The monoisotopic (exact) mass is 520 g/mol. The molecule has 0 amide bonds. The van der Waals surface area contributed by atoms with Crippen molar-refractivity contribution in [3.05, 3.63) is 56.2 Å². The van der Waals surface area contributed by atoms with Crippen molar-refractivity contribution in [1.29, 1.82) is 0 Å². The lowest BCUT2D eigenvalue weighted by Crippen LogP contribution is -2.41. The number of likely N-dealkylation sites (tertiary alicyclic amines) is 2. The second-order valence-electron chi connectivity index (χ2n) is 10.9. The molecule has 2 aromatic rings. The van der Waals surface area contributed by atoms with Crippen molar-refractivity contribution in [2.45, 2.75) is 63.0 Å². The Kier molecular flexibility index (Phi) is 8.24. The van der Waals surface area contributed by atoms with E-state index < -0.39 is 0 Å². The topological polar surface area (TPSA) is 15.7 Å². The molecule has 34 heavy (non-hydrogen) atoms. The number of hydrogen-bond donors (Lipinski definition) is 0. The van der Waals surface area contributed by atoms with Crippen LogP contribution in [-0.2, 0) is 11.3 Å². The Morgan fingerprint density at radius 1 is 1.06 bits per heavy atom. The Morgan fingerprint density at radius 3 is 2.53 bits per heavy atom. The van der Waals surface area contributed by atoms with Crippen molar-refractivity contribution in [3.63, 3.8) is 0 Å². The molecule has 0 bridgehead atoms. The normalized spacial score (nSPS) is 26.4. The molecule has 3 fully saturated rings. The average Bonchev–Trinajstić information content (AvgIpc) is 3.59. The molecule has 1 aromatic heterocycles. The SMILES string of the molecule is COC1(CC2CCN(C[C@H]3CN(Cc4ccc(Cl)cc4Cl)C[C@@H]3c3ccsc3)CC2)CCCC1. The molecule has 186 valence electrons. The lowest BCUT2D eigenvalue weighted by atomic mass is 9.83. The largest absolute Gasteiger partial charge is 0.378 e. The number of halogens is 2. The van der Waals surface area contributed by atoms with Crippen molar-refractivity contribution in [2.24, 2.45) is 11.8 Å². The molecule has 2 saturated heterocycles. The highest BCUT2D eigenvalue weighted by atomic mass is 35.5. The maximum absolute atomic E-state index is 6.50. The maximum atomic E-state index is 6.50. The molecular weight excluding hydrogens is 483 g/mol. The first-order valence-corrected chi connectivity index (χ1v) is 14.7. The first-order valence-electron chi connectivity index (χ1n) is 13.0. The van der Waals surface area contributed by atoms with Crippen LogP contribution in [0, 0.1) is 11.8 Å². The molecule has 3 heterocycles. The van der Waals surface area contributed by atoms with Crippen molar-refractivity contribution in [3.8, 4) is 0 Å². The third-order valence-electron chi connectivity index (χ3n) is 8.71. The minimum Gasteiger partial charge on any atom is -0.378 e. The van der Waals surface area contributed by atoms with Crippen LogP contribution in [0.4, 0.5) is 0 Å². The second-order valence-corrected chi connectivity index (χ2v) is 12.5. The van der Waals surface area contributed by atoms with Gasteiger partial charge >= 0.3 is 0 Å². The van der Waals surface area contributed by atoms with Crippen LogP contribution in [0.25, 0.3) is 0 Å². The number of benzene rings is 1. The number of rotatable bonds is 8. The van der Waals surface area contributed by atoms with Gasteiger partial charge in [0.05, 0.1) is 5.60 Å². The van der Waals surface area contributed by atoms with Gasteiger partial charge in [-0.2, -0.15) is 11.3 Å². The molecular formula is C28H38Cl2N2OS. The maximum Gasteiger partial charge on any atom is 0.0681 e. The van der Waals surface area contributed by atoms with Gasteiger partial charge in [0.1, 0.15) is 0 Å². The lowest BCUT2D eigenvalue weighted by Gasteiger charge is -2.38. The average molecular weight is 522 g/mol. The van der Waals surface area contributed by atoms with E-state index in [1.807, 2.05) is 30.6 Å². The molecule has 2 aliphatic heterocycles. The van der Waals surface area contributed by atoms with Gasteiger partial charge < -0.3 is 9.64 Å². The van der Waals surface area contributed by atoms with E-state index in [1.54, 1.807) is 0 Å². The first kappa shape index (κ1) is 25.0. The molecule has 0 spiro atoms. The van der Waals surface area contributed by atoms with E-state index in [0.29, 0.717) is 16.9 Å². The molecule has 3 nitrogen and oxygen atoms in total. The van der Waals surface area contributed by atoms with Gasteiger partial charge in [-0.15, -0.1) is 0 Å². The Balaban J connectivity index is 1.19. The van der Waals surface area contributed by atoms with Crippen molar-refractivity contribution in [1.82, 2.24) is 9.80 Å². The molecule has 0 radical (unpaired) electrons. The first-order chi connectivity index (χ1) is 16.5. The Labute approximate surface area is 219 Å². The summed E-state index contributed by atoms with van der Waals surface area (Å²) in [5.74, 6) is 2.09. The van der Waals surface area contributed by atoms with Crippen molar-refractivity contribution in [2.75, 3.05) is 39.8 Å². The van der Waals surface area contributed by atoms with Gasteiger partial charge in [-0.25, -0.2) is 0 Å². The van der Waals surface area contributed by atoms with Gasteiger partial charge in [-0.3, -0.25) is 4.90 Å². The summed E-state index contributed by atoms with van der Waals surface area (Å²) in [4.78, 5) is 5.34. The molecule has 5 rings (SSSR count). The quantitative estimate of drug-likeness (QED) is 0.362. The molecule has 1 aliphatic carbocycles. The summed E-state index contributed by atoms with van der Waals surface area (Å²) in [5, 5.41) is 6.07. The zero-order chi connectivity index (χ0) is 23.5. The minimum absolute atomic E-state index is 0.186. The molecule has 2 atom stereocenters. The van der Waals surface area contributed by atoms with Crippen molar-refractivity contribution < 1.29 is 4.74 Å². The van der Waals surface area contributed by atoms with Gasteiger partial charge in [-0.1, -0.05) is 42.1 Å². The van der Waals surface area contributed by atoms with Gasteiger partial charge in [0, 0.05) is 49.3 Å². The van der Waals surface area contributed by atoms with E-state index in [-0.39, 0.29) is 5.60 Å². The van der Waals surface area contributed by atoms with Crippen LogP contribution in [0.5, 0.6) is 0 Å². The molecule has 0 N–H and O–H groups in total. The molecule has 6 heteroatoms. The van der Waals surface area contributed by atoms with E-state index in [4.69, 9.17) is 27.9 Å². The second kappa shape index (κ2) is 11.2. The number of ether oxygens (including phenoxy) is 1. The summed E-state index contributed by atoms with van der Waals surface area (Å²) >= 11 is 14.4. The highest BCUT2D eigenvalue weighted by Crippen LogP contribution is 2.41. The number of nitrogens with zero attached hydrogens (tertiary/aromatic N) is 2. The van der Waals surface area contributed by atoms with Crippen LogP contribution in [0.15, 0.2) is 35.0 Å². The number of thiophene rings is 1. The smallest absolute Gasteiger partial charge is 0.0681 e. The predicted molar refractivity (Wildman–Crippen MR) is 144 cm³/mol. The fraction of sp³-hybridized carbons (Fsp3) is 0.643. The van der Waals surface area contributed by atoms with Crippen LogP contribution < -0.4 is 0 Å². The Hall–Kier alpha value is -0.620. The third kappa shape index (κ3) is 5.85. The van der Waals surface area contributed by atoms with E-state index >= 15 is 0 Å². The standard InChI is InChI=1S/C28H38Cl2N2OS/c1-33-28(9-2-3-10-28)15-21-6-11-31(12-7-21)17-24-18-32(19-26(24)23-8-13-34-20-23)16-22-4-5-25(29)14-27(22)30/h4-5,8,13-14,20-21,24,26H,2-3,6-7,9-12,15-19H2,1H3/t24-,26+/m0/s1. The predicted octanol–water partition coefficient (Wildman–Crippen LogP) is 7.33. The molecule has 0 unspecified atom stereocenters.